The van der Waals surface area contributed by atoms with Crippen molar-refractivity contribution in [3.05, 3.63) is 22.7 Å². The molecular formula is C10H10ClNO2S2. The van der Waals surface area contributed by atoms with Crippen LogP contribution in [0.25, 0.3) is 0 Å². The molecule has 0 aliphatic heterocycles. The lowest BCUT2D eigenvalue weighted by Crippen LogP contribution is -2.01. The maximum atomic E-state index is 11.6. The third-order valence-electron chi connectivity index (χ3n) is 1.96. The first-order valence-electron chi connectivity index (χ1n) is 4.33. The summed E-state index contributed by atoms with van der Waals surface area (Å²) in [7, 11) is -3.32. The van der Waals surface area contributed by atoms with Crippen LogP contribution in [0.1, 0.15) is 5.56 Å². The molecule has 0 unspecified atom stereocenters. The predicted molar refractivity (Wildman–Crippen MR) is 65.7 cm³/mol. The summed E-state index contributed by atoms with van der Waals surface area (Å²) in [6.07, 6.45) is 3.05. The van der Waals surface area contributed by atoms with E-state index in [0.29, 0.717) is 15.5 Å². The maximum Gasteiger partial charge on any atom is 0.176 e. The Morgan fingerprint density at radius 1 is 1.50 bits per heavy atom. The van der Waals surface area contributed by atoms with Gasteiger partial charge in [0, 0.05) is 11.2 Å². The summed E-state index contributed by atoms with van der Waals surface area (Å²) in [6.45, 7) is 0. The maximum absolute atomic E-state index is 11.6. The second-order valence-corrected chi connectivity index (χ2v) is 6.42. The van der Waals surface area contributed by atoms with Gasteiger partial charge in [-0.25, -0.2) is 8.42 Å². The van der Waals surface area contributed by atoms with E-state index in [1.807, 2.05) is 6.07 Å². The van der Waals surface area contributed by atoms with Crippen molar-refractivity contribution in [2.24, 2.45) is 0 Å². The van der Waals surface area contributed by atoms with E-state index in [4.69, 9.17) is 16.9 Å². The molecule has 86 valence electrons. The molecule has 0 heterocycles. The minimum Gasteiger partial charge on any atom is -0.224 e. The van der Waals surface area contributed by atoms with Gasteiger partial charge < -0.3 is 0 Å². The molecule has 3 nitrogen and oxygen atoms in total. The van der Waals surface area contributed by atoms with Crippen LogP contribution >= 0.6 is 23.4 Å². The zero-order chi connectivity index (χ0) is 12.3. The second kappa shape index (κ2) is 5.09. The molecule has 1 aromatic rings. The van der Waals surface area contributed by atoms with Crippen LogP contribution in [0.5, 0.6) is 0 Å². The third-order valence-corrected chi connectivity index (χ3v) is 4.46. The van der Waals surface area contributed by atoms with Crippen molar-refractivity contribution in [1.29, 1.82) is 5.26 Å². The van der Waals surface area contributed by atoms with Gasteiger partial charge >= 0.3 is 0 Å². The van der Waals surface area contributed by atoms with Crippen molar-refractivity contribution < 1.29 is 8.42 Å². The minimum atomic E-state index is -3.32. The Morgan fingerprint density at radius 3 is 2.56 bits per heavy atom. The second-order valence-electron chi connectivity index (χ2n) is 3.22. The van der Waals surface area contributed by atoms with Crippen molar-refractivity contribution in [2.45, 2.75) is 16.2 Å². The van der Waals surface area contributed by atoms with E-state index in [-0.39, 0.29) is 11.3 Å². The zero-order valence-corrected chi connectivity index (χ0v) is 11.2. The largest absolute Gasteiger partial charge is 0.224 e. The minimum absolute atomic E-state index is 0.150. The van der Waals surface area contributed by atoms with Gasteiger partial charge in [-0.2, -0.15) is 5.26 Å². The Kier molecular flexibility index (Phi) is 4.25. The van der Waals surface area contributed by atoms with Gasteiger partial charge in [0.25, 0.3) is 0 Å². The molecule has 0 spiro atoms. The van der Waals surface area contributed by atoms with E-state index in [1.165, 1.54) is 17.8 Å². The molecular weight excluding hydrogens is 266 g/mol. The Hall–Kier alpha value is -0.700. The lowest BCUT2D eigenvalue weighted by Gasteiger charge is -2.09. The molecule has 0 saturated carbocycles. The number of nitriles is 1. The Balaban J connectivity index is 3.51. The number of hydrogen-bond acceptors (Lipinski definition) is 4. The number of rotatable bonds is 3. The molecule has 0 radical (unpaired) electrons. The number of benzene rings is 1. The van der Waals surface area contributed by atoms with Crippen LogP contribution in [0, 0.1) is 11.3 Å². The van der Waals surface area contributed by atoms with Gasteiger partial charge in [-0.3, -0.25) is 0 Å². The highest BCUT2D eigenvalue weighted by Gasteiger charge is 2.17. The molecule has 0 N–H and O–H groups in total. The van der Waals surface area contributed by atoms with Gasteiger partial charge in [-0.1, -0.05) is 11.6 Å². The number of halogens is 1. The van der Waals surface area contributed by atoms with Crippen LogP contribution < -0.4 is 0 Å². The molecule has 0 aromatic heterocycles. The lowest BCUT2D eigenvalue weighted by atomic mass is 10.2. The van der Waals surface area contributed by atoms with E-state index in [2.05, 4.69) is 0 Å². The summed E-state index contributed by atoms with van der Waals surface area (Å²) in [5.41, 5.74) is 0.616. The predicted octanol–water partition coefficient (Wildman–Crippen LogP) is 2.53. The highest BCUT2D eigenvalue weighted by molar-refractivity contribution is 7.99. The molecule has 0 fully saturated rings. The summed E-state index contributed by atoms with van der Waals surface area (Å²) in [5.74, 6) is 0. The lowest BCUT2D eigenvalue weighted by molar-refractivity contribution is 0.600. The summed E-state index contributed by atoms with van der Waals surface area (Å²) in [6, 6.07) is 5.11. The fourth-order valence-electron chi connectivity index (χ4n) is 1.29. The Labute approximate surface area is 104 Å². The number of thioether (sulfide) groups is 1. The van der Waals surface area contributed by atoms with Crippen LogP contribution in [0.2, 0.25) is 5.02 Å². The van der Waals surface area contributed by atoms with Gasteiger partial charge in [0.15, 0.2) is 9.84 Å². The smallest absolute Gasteiger partial charge is 0.176 e. The summed E-state index contributed by atoms with van der Waals surface area (Å²) in [5, 5.41) is 8.96. The van der Waals surface area contributed by atoms with Crippen molar-refractivity contribution >= 4 is 33.2 Å². The molecule has 0 aliphatic carbocycles. The highest BCUT2D eigenvalue weighted by Crippen LogP contribution is 2.33. The first-order chi connectivity index (χ1) is 7.40. The topological polar surface area (TPSA) is 57.9 Å². The van der Waals surface area contributed by atoms with Crippen molar-refractivity contribution in [3.8, 4) is 6.07 Å². The molecule has 1 aromatic carbocycles. The van der Waals surface area contributed by atoms with E-state index in [0.717, 1.165) is 6.26 Å². The first-order valence-corrected chi connectivity index (χ1v) is 7.83. The van der Waals surface area contributed by atoms with Crippen molar-refractivity contribution in [1.82, 2.24) is 0 Å². The fourth-order valence-corrected chi connectivity index (χ4v) is 3.85. The SMILES string of the molecule is CSc1c(Cl)cc(CC#N)cc1S(C)(=O)=O. The highest BCUT2D eigenvalue weighted by atomic mass is 35.5. The average molecular weight is 276 g/mol. The van der Waals surface area contributed by atoms with Crippen LogP contribution in [0.15, 0.2) is 21.9 Å². The molecule has 6 heteroatoms. The molecule has 0 saturated heterocycles. The van der Waals surface area contributed by atoms with Gasteiger partial charge in [-0.05, 0) is 24.0 Å². The van der Waals surface area contributed by atoms with Crippen LogP contribution in [-0.4, -0.2) is 20.9 Å². The van der Waals surface area contributed by atoms with Crippen LogP contribution in [0.3, 0.4) is 0 Å². The first kappa shape index (κ1) is 13.4. The Bertz CT molecular complexity index is 547. The molecule has 0 amide bonds. The van der Waals surface area contributed by atoms with E-state index >= 15 is 0 Å². The Morgan fingerprint density at radius 2 is 2.12 bits per heavy atom. The van der Waals surface area contributed by atoms with E-state index in [1.54, 1.807) is 12.3 Å². The average Bonchev–Trinajstić information content (AvgIpc) is 2.16. The van der Waals surface area contributed by atoms with Crippen LogP contribution in [-0.2, 0) is 16.3 Å². The molecule has 1 rings (SSSR count). The number of hydrogen-bond donors (Lipinski definition) is 0. The molecule has 0 atom stereocenters. The fraction of sp³-hybridized carbons (Fsp3) is 0.300. The quantitative estimate of drug-likeness (QED) is 0.796. The molecule has 0 bridgehead atoms. The standard InChI is InChI=1S/C10H10ClNO2S2/c1-15-10-8(11)5-7(3-4-12)6-9(10)16(2,13)14/h5-6H,3H2,1-2H3. The zero-order valence-electron chi connectivity index (χ0n) is 8.82. The number of sulfone groups is 1. The monoisotopic (exact) mass is 275 g/mol. The van der Waals surface area contributed by atoms with Crippen molar-refractivity contribution in [2.75, 3.05) is 12.5 Å². The van der Waals surface area contributed by atoms with E-state index < -0.39 is 9.84 Å². The van der Waals surface area contributed by atoms with Crippen LogP contribution in [0.4, 0.5) is 0 Å². The van der Waals surface area contributed by atoms with Gasteiger partial charge in [0.1, 0.15) is 0 Å². The van der Waals surface area contributed by atoms with Gasteiger partial charge in [0.05, 0.1) is 22.4 Å². The molecule has 0 aliphatic rings. The van der Waals surface area contributed by atoms with Crippen molar-refractivity contribution in [3.63, 3.8) is 0 Å². The summed E-state index contributed by atoms with van der Waals surface area (Å²) >= 11 is 7.26. The normalized spacial score (nSPS) is 11.1. The van der Waals surface area contributed by atoms with Gasteiger partial charge in [0.2, 0.25) is 0 Å². The molecule has 16 heavy (non-hydrogen) atoms. The van der Waals surface area contributed by atoms with Gasteiger partial charge in [-0.15, -0.1) is 11.8 Å². The summed E-state index contributed by atoms with van der Waals surface area (Å²) in [4.78, 5) is 0.726. The number of nitrogens with zero attached hydrogens (tertiary/aromatic N) is 1. The van der Waals surface area contributed by atoms with E-state index in [9.17, 15) is 8.42 Å². The summed E-state index contributed by atoms with van der Waals surface area (Å²) < 4.78 is 23.1. The third kappa shape index (κ3) is 2.91.